The van der Waals surface area contributed by atoms with Crippen LogP contribution in [0.3, 0.4) is 0 Å². The zero-order valence-electron chi connectivity index (χ0n) is 19.3. The molecule has 168 valence electrons. The molecule has 2 amide bonds. The lowest BCUT2D eigenvalue weighted by Gasteiger charge is -2.39. The first kappa shape index (κ1) is 22.0. The van der Waals surface area contributed by atoms with Gasteiger partial charge in [-0.05, 0) is 43.5 Å². The number of rotatable bonds is 4. The number of urea groups is 1. The van der Waals surface area contributed by atoms with Crippen LogP contribution in [0.5, 0.6) is 0 Å². The third-order valence-corrected chi connectivity index (χ3v) is 6.46. The van der Waals surface area contributed by atoms with Crippen LogP contribution >= 0.6 is 0 Å². The fourth-order valence-corrected chi connectivity index (χ4v) is 4.57. The van der Waals surface area contributed by atoms with Crippen molar-refractivity contribution in [2.75, 3.05) is 31.5 Å². The zero-order chi connectivity index (χ0) is 22.8. The smallest absolute Gasteiger partial charge is 0.321 e. The van der Waals surface area contributed by atoms with Crippen LogP contribution in [-0.2, 0) is 7.05 Å². The van der Waals surface area contributed by atoms with E-state index in [4.69, 9.17) is 4.98 Å². The van der Waals surface area contributed by atoms with Crippen molar-refractivity contribution in [1.82, 2.24) is 19.4 Å². The molecule has 3 aromatic rings. The molecule has 0 spiro atoms. The number of anilines is 1. The topological polar surface area (TPSA) is 70.5 Å². The Balaban J connectivity index is 1.49. The van der Waals surface area contributed by atoms with Gasteiger partial charge in [0.25, 0.3) is 5.56 Å². The van der Waals surface area contributed by atoms with Crippen LogP contribution in [-0.4, -0.2) is 51.6 Å². The molecule has 7 nitrogen and oxygen atoms in total. The van der Waals surface area contributed by atoms with Crippen molar-refractivity contribution in [3.05, 3.63) is 69.8 Å². The van der Waals surface area contributed by atoms with Crippen molar-refractivity contribution < 1.29 is 4.79 Å². The molecule has 0 aliphatic carbocycles. The summed E-state index contributed by atoms with van der Waals surface area (Å²) in [6.45, 7) is 8.87. The average Bonchev–Trinajstić information content (AvgIpc) is 2.80. The number of nitrogens with zero attached hydrogens (tertiary/aromatic N) is 4. The summed E-state index contributed by atoms with van der Waals surface area (Å²) in [4.78, 5) is 34.8. The Bertz CT molecular complexity index is 1170. The summed E-state index contributed by atoms with van der Waals surface area (Å²) in [5, 5.41) is 3.73. The summed E-state index contributed by atoms with van der Waals surface area (Å²) in [7, 11) is 1.80. The molecule has 7 heteroatoms. The van der Waals surface area contributed by atoms with E-state index < -0.39 is 0 Å². The largest absolute Gasteiger partial charge is 0.322 e. The van der Waals surface area contributed by atoms with Crippen molar-refractivity contribution in [2.45, 2.75) is 33.2 Å². The predicted octanol–water partition coefficient (Wildman–Crippen LogP) is 3.85. The Morgan fingerprint density at radius 1 is 1.03 bits per heavy atom. The molecule has 2 aromatic carbocycles. The molecule has 1 saturated heterocycles. The van der Waals surface area contributed by atoms with Gasteiger partial charge in [-0.2, -0.15) is 0 Å². The lowest BCUT2D eigenvalue weighted by Crippen LogP contribution is -2.51. The molecule has 0 bridgehead atoms. The molecule has 1 atom stereocenters. The Morgan fingerprint density at radius 2 is 1.69 bits per heavy atom. The van der Waals surface area contributed by atoms with Crippen molar-refractivity contribution >= 4 is 22.6 Å². The number of amides is 2. The second-order valence-electron chi connectivity index (χ2n) is 8.50. The van der Waals surface area contributed by atoms with Gasteiger partial charge in [-0.3, -0.25) is 14.3 Å². The Hall–Kier alpha value is -3.19. The van der Waals surface area contributed by atoms with Gasteiger partial charge in [0.05, 0.1) is 16.9 Å². The monoisotopic (exact) mass is 433 g/mol. The minimum atomic E-state index is -0.0636. The van der Waals surface area contributed by atoms with Crippen molar-refractivity contribution in [3.8, 4) is 0 Å². The normalized spacial score (nSPS) is 15.7. The molecule has 32 heavy (non-hydrogen) atoms. The second kappa shape index (κ2) is 9.12. The number of hydrogen-bond acceptors (Lipinski definition) is 4. The first-order valence-corrected chi connectivity index (χ1v) is 11.2. The van der Waals surface area contributed by atoms with Crippen LogP contribution in [0.2, 0.25) is 0 Å². The van der Waals surface area contributed by atoms with Gasteiger partial charge in [-0.1, -0.05) is 37.3 Å². The number of nitrogens with one attached hydrogen (secondary N) is 1. The number of carbonyl (C=O) groups is 1. The summed E-state index contributed by atoms with van der Waals surface area (Å²) in [6.07, 6.45) is 0.840. The number of carbonyl (C=O) groups excluding carboxylic acids is 1. The number of piperazine rings is 1. The fourth-order valence-electron chi connectivity index (χ4n) is 4.57. The number of aryl methyl sites for hydroxylation is 2. The van der Waals surface area contributed by atoms with Crippen LogP contribution in [0.4, 0.5) is 10.5 Å². The van der Waals surface area contributed by atoms with Gasteiger partial charge in [0.2, 0.25) is 0 Å². The molecule has 1 fully saturated rings. The van der Waals surface area contributed by atoms with Crippen LogP contribution in [0, 0.1) is 13.8 Å². The summed E-state index contributed by atoms with van der Waals surface area (Å²) < 4.78 is 1.68. The SMILES string of the molecule is CCC(c1nc2ccccc2c(=O)n1C)N1CCN(C(=O)Nc2c(C)cccc2C)CC1. The maximum Gasteiger partial charge on any atom is 0.321 e. The molecule has 2 heterocycles. The minimum Gasteiger partial charge on any atom is -0.322 e. The van der Waals surface area contributed by atoms with E-state index in [-0.39, 0.29) is 17.6 Å². The van der Waals surface area contributed by atoms with E-state index in [0.29, 0.717) is 18.5 Å². The Kier molecular flexibility index (Phi) is 6.28. The zero-order valence-corrected chi connectivity index (χ0v) is 19.3. The van der Waals surface area contributed by atoms with Crippen LogP contribution < -0.4 is 10.9 Å². The predicted molar refractivity (Wildman–Crippen MR) is 128 cm³/mol. The number of hydrogen-bond donors (Lipinski definition) is 1. The van der Waals surface area contributed by atoms with Gasteiger partial charge in [-0.25, -0.2) is 9.78 Å². The highest BCUT2D eigenvalue weighted by atomic mass is 16.2. The summed E-state index contributed by atoms with van der Waals surface area (Å²) >= 11 is 0. The van der Waals surface area contributed by atoms with E-state index in [9.17, 15) is 9.59 Å². The highest BCUT2D eigenvalue weighted by Crippen LogP contribution is 2.25. The third-order valence-electron chi connectivity index (χ3n) is 6.46. The molecule has 4 rings (SSSR count). The van der Waals surface area contributed by atoms with E-state index in [2.05, 4.69) is 17.1 Å². The quantitative estimate of drug-likeness (QED) is 0.679. The number of benzene rings is 2. The van der Waals surface area contributed by atoms with Gasteiger partial charge in [-0.15, -0.1) is 0 Å². The minimum absolute atomic E-state index is 0.0179. The Labute approximate surface area is 188 Å². The summed E-state index contributed by atoms with van der Waals surface area (Å²) in [5.41, 5.74) is 3.73. The lowest BCUT2D eigenvalue weighted by molar-refractivity contribution is 0.105. The summed E-state index contributed by atoms with van der Waals surface area (Å²) in [5.74, 6) is 0.782. The maximum atomic E-state index is 12.9. The van der Waals surface area contributed by atoms with Gasteiger partial charge in [0, 0.05) is 38.9 Å². The average molecular weight is 434 g/mol. The van der Waals surface area contributed by atoms with Crippen LogP contribution in [0.25, 0.3) is 10.9 Å². The highest BCUT2D eigenvalue weighted by molar-refractivity contribution is 5.91. The van der Waals surface area contributed by atoms with Crippen molar-refractivity contribution in [2.24, 2.45) is 7.05 Å². The number of para-hydroxylation sites is 2. The van der Waals surface area contributed by atoms with E-state index in [1.165, 1.54) is 0 Å². The van der Waals surface area contributed by atoms with Gasteiger partial charge < -0.3 is 10.2 Å². The molecular weight excluding hydrogens is 402 g/mol. The number of fused-ring (bicyclic) bond motifs is 1. The highest BCUT2D eigenvalue weighted by Gasteiger charge is 2.29. The van der Waals surface area contributed by atoms with E-state index >= 15 is 0 Å². The van der Waals surface area contributed by atoms with E-state index in [1.807, 2.05) is 61.2 Å². The van der Waals surface area contributed by atoms with Gasteiger partial charge >= 0.3 is 6.03 Å². The third kappa shape index (κ3) is 4.12. The molecule has 1 aromatic heterocycles. The van der Waals surface area contributed by atoms with Crippen molar-refractivity contribution in [3.63, 3.8) is 0 Å². The first-order chi connectivity index (χ1) is 15.4. The second-order valence-corrected chi connectivity index (χ2v) is 8.50. The molecular formula is C25H31N5O2. The van der Waals surface area contributed by atoms with Gasteiger partial charge in [0.1, 0.15) is 5.82 Å². The van der Waals surface area contributed by atoms with Crippen LogP contribution in [0.1, 0.15) is 36.3 Å². The first-order valence-electron chi connectivity index (χ1n) is 11.2. The van der Waals surface area contributed by atoms with Crippen LogP contribution in [0.15, 0.2) is 47.3 Å². The molecule has 1 aliphatic heterocycles. The molecule has 1 unspecified atom stereocenters. The molecule has 1 N–H and O–H groups in total. The maximum absolute atomic E-state index is 12.9. The van der Waals surface area contributed by atoms with E-state index in [0.717, 1.165) is 47.7 Å². The molecule has 0 radical (unpaired) electrons. The molecule has 1 aliphatic rings. The fraction of sp³-hybridized carbons (Fsp3) is 0.400. The molecule has 0 saturated carbocycles. The van der Waals surface area contributed by atoms with Crippen molar-refractivity contribution in [1.29, 1.82) is 0 Å². The Morgan fingerprint density at radius 3 is 2.34 bits per heavy atom. The van der Waals surface area contributed by atoms with E-state index in [1.54, 1.807) is 11.6 Å². The van der Waals surface area contributed by atoms with Gasteiger partial charge in [0.15, 0.2) is 0 Å². The number of aromatic nitrogens is 2. The summed E-state index contributed by atoms with van der Waals surface area (Å²) in [6, 6.07) is 13.5. The standard InChI is InChI=1S/C25H31N5O2/c1-5-21(23-26-20-12-7-6-11-19(20)24(31)28(23)4)29-13-15-30(16-14-29)25(32)27-22-17(2)9-8-10-18(22)3/h6-12,21H,5,13-16H2,1-4H3,(H,27,32). The lowest BCUT2D eigenvalue weighted by atomic mass is 10.1.